The summed E-state index contributed by atoms with van der Waals surface area (Å²) in [5, 5.41) is 0. The predicted octanol–water partition coefficient (Wildman–Crippen LogP) is 2.18. The maximum absolute atomic E-state index is 12.2. The Morgan fingerprint density at radius 3 is 2.00 bits per heavy atom. The SMILES string of the molecule is COc1cccc(OC)c1CNS(=O)(=O)c1ccccc1. The lowest BCUT2D eigenvalue weighted by molar-refractivity contribution is 0.384. The topological polar surface area (TPSA) is 64.6 Å². The van der Waals surface area contributed by atoms with Gasteiger partial charge in [0, 0.05) is 6.54 Å². The molecule has 6 heteroatoms. The molecule has 0 aliphatic heterocycles. The minimum Gasteiger partial charge on any atom is -0.496 e. The van der Waals surface area contributed by atoms with Gasteiger partial charge in [0.1, 0.15) is 11.5 Å². The molecule has 2 rings (SSSR count). The Labute approximate surface area is 124 Å². The van der Waals surface area contributed by atoms with Gasteiger partial charge in [-0.05, 0) is 24.3 Å². The third-order valence-electron chi connectivity index (χ3n) is 3.02. The number of sulfonamides is 1. The monoisotopic (exact) mass is 307 g/mol. The van der Waals surface area contributed by atoms with Gasteiger partial charge >= 0.3 is 0 Å². The molecule has 5 nitrogen and oxygen atoms in total. The molecule has 0 saturated carbocycles. The highest BCUT2D eigenvalue weighted by molar-refractivity contribution is 7.89. The predicted molar refractivity (Wildman–Crippen MR) is 80.0 cm³/mol. The molecule has 2 aromatic rings. The first-order valence-electron chi connectivity index (χ1n) is 6.33. The summed E-state index contributed by atoms with van der Waals surface area (Å²) in [6.45, 7) is 0.0877. The highest BCUT2D eigenvalue weighted by Crippen LogP contribution is 2.28. The molecule has 0 amide bonds. The molecule has 1 N–H and O–H groups in total. The average molecular weight is 307 g/mol. The third kappa shape index (κ3) is 3.53. The Balaban J connectivity index is 2.24. The van der Waals surface area contributed by atoms with E-state index >= 15 is 0 Å². The van der Waals surface area contributed by atoms with Crippen LogP contribution in [0.4, 0.5) is 0 Å². The van der Waals surface area contributed by atoms with E-state index in [0.29, 0.717) is 17.1 Å². The van der Waals surface area contributed by atoms with Crippen molar-refractivity contribution in [3.63, 3.8) is 0 Å². The largest absolute Gasteiger partial charge is 0.496 e. The lowest BCUT2D eigenvalue weighted by Gasteiger charge is -2.13. The van der Waals surface area contributed by atoms with Gasteiger partial charge in [-0.2, -0.15) is 0 Å². The molecule has 0 atom stereocenters. The Bertz CT molecular complexity index is 677. The van der Waals surface area contributed by atoms with Crippen molar-refractivity contribution in [3.05, 3.63) is 54.1 Å². The zero-order valence-corrected chi connectivity index (χ0v) is 12.7. The van der Waals surface area contributed by atoms with Gasteiger partial charge in [-0.25, -0.2) is 13.1 Å². The first-order valence-corrected chi connectivity index (χ1v) is 7.81. The fourth-order valence-electron chi connectivity index (χ4n) is 1.95. The van der Waals surface area contributed by atoms with Gasteiger partial charge in [-0.15, -0.1) is 0 Å². The summed E-state index contributed by atoms with van der Waals surface area (Å²) in [5.74, 6) is 1.15. The maximum atomic E-state index is 12.2. The van der Waals surface area contributed by atoms with Gasteiger partial charge in [-0.3, -0.25) is 0 Å². The van der Waals surface area contributed by atoms with Crippen LogP contribution >= 0.6 is 0 Å². The van der Waals surface area contributed by atoms with E-state index in [-0.39, 0.29) is 11.4 Å². The van der Waals surface area contributed by atoms with Crippen LogP contribution in [0.3, 0.4) is 0 Å². The van der Waals surface area contributed by atoms with E-state index in [0.717, 1.165) is 0 Å². The molecule has 0 radical (unpaired) electrons. The van der Waals surface area contributed by atoms with Crippen molar-refractivity contribution >= 4 is 10.0 Å². The number of methoxy groups -OCH3 is 2. The van der Waals surface area contributed by atoms with Crippen LogP contribution in [0, 0.1) is 0 Å². The molecule has 0 spiro atoms. The van der Waals surface area contributed by atoms with Crippen LogP contribution < -0.4 is 14.2 Å². The van der Waals surface area contributed by atoms with E-state index in [1.54, 1.807) is 48.5 Å². The summed E-state index contributed by atoms with van der Waals surface area (Å²) >= 11 is 0. The lowest BCUT2D eigenvalue weighted by atomic mass is 10.2. The number of hydrogen-bond donors (Lipinski definition) is 1. The quantitative estimate of drug-likeness (QED) is 0.888. The summed E-state index contributed by atoms with van der Waals surface area (Å²) in [7, 11) is -0.506. The molecule has 0 saturated heterocycles. The zero-order valence-electron chi connectivity index (χ0n) is 11.9. The smallest absolute Gasteiger partial charge is 0.240 e. The number of hydrogen-bond acceptors (Lipinski definition) is 4. The second-order valence-electron chi connectivity index (χ2n) is 4.28. The second-order valence-corrected chi connectivity index (χ2v) is 6.05. The van der Waals surface area contributed by atoms with Crippen molar-refractivity contribution in [1.82, 2.24) is 4.72 Å². The fourth-order valence-corrected chi connectivity index (χ4v) is 2.97. The van der Waals surface area contributed by atoms with Crippen molar-refractivity contribution in [2.75, 3.05) is 14.2 Å². The van der Waals surface area contributed by atoms with Crippen molar-refractivity contribution in [3.8, 4) is 11.5 Å². The molecular formula is C15H17NO4S. The molecular weight excluding hydrogens is 290 g/mol. The van der Waals surface area contributed by atoms with E-state index in [1.165, 1.54) is 14.2 Å². The summed E-state index contributed by atoms with van der Waals surface area (Å²) in [6, 6.07) is 13.5. The lowest BCUT2D eigenvalue weighted by Crippen LogP contribution is -2.23. The Kier molecular flexibility index (Phi) is 4.82. The highest BCUT2D eigenvalue weighted by Gasteiger charge is 2.16. The van der Waals surface area contributed by atoms with Gasteiger partial charge in [0.2, 0.25) is 10.0 Å². The summed E-state index contributed by atoms with van der Waals surface area (Å²) in [6.07, 6.45) is 0. The van der Waals surface area contributed by atoms with Crippen LogP contribution in [0.15, 0.2) is 53.4 Å². The van der Waals surface area contributed by atoms with Crippen molar-refractivity contribution in [2.24, 2.45) is 0 Å². The van der Waals surface area contributed by atoms with Crippen LogP contribution in [0.1, 0.15) is 5.56 Å². The minimum atomic E-state index is -3.57. The maximum Gasteiger partial charge on any atom is 0.240 e. The van der Waals surface area contributed by atoms with E-state index in [9.17, 15) is 8.42 Å². The van der Waals surface area contributed by atoms with Gasteiger partial charge in [0.15, 0.2) is 0 Å². The Morgan fingerprint density at radius 1 is 0.905 bits per heavy atom. The average Bonchev–Trinajstić information content (AvgIpc) is 2.53. The first kappa shape index (κ1) is 15.3. The van der Waals surface area contributed by atoms with Crippen LogP contribution in [-0.4, -0.2) is 22.6 Å². The molecule has 0 aliphatic rings. The van der Waals surface area contributed by atoms with E-state index in [4.69, 9.17) is 9.47 Å². The molecule has 0 fully saturated rings. The molecule has 0 aliphatic carbocycles. The van der Waals surface area contributed by atoms with Crippen LogP contribution in [-0.2, 0) is 16.6 Å². The van der Waals surface area contributed by atoms with Crippen molar-refractivity contribution in [2.45, 2.75) is 11.4 Å². The molecule has 0 heterocycles. The highest BCUT2D eigenvalue weighted by atomic mass is 32.2. The third-order valence-corrected chi connectivity index (χ3v) is 4.44. The number of benzene rings is 2. The van der Waals surface area contributed by atoms with Crippen LogP contribution in [0.2, 0.25) is 0 Å². The molecule has 21 heavy (non-hydrogen) atoms. The van der Waals surface area contributed by atoms with Crippen molar-refractivity contribution in [1.29, 1.82) is 0 Å². The summed E-state index contributed by atoms with van der Waals surface area (Å²) < 4.78 is 37.5. The van der Waals surface area contributed by atoms with Crippen molar-refractivity contribution < 1.29 is 17.9 Å². The Morgan fingerprint density at radius 2 is 1.48 bits per heavy atom. The van der Waals surface area contributed by atoms with Gasteiger partial charge in [0.25, 0.3) is 0 Å². The summed E-state index contributed by atoms with van der Waals surface area (Å²) in [5.41, 5.74) is 0.655. The molecule has 0 bridgehead atoms. The van der Waals surface area contributed by atoms with Crippen LogP contribution in [0.5, 0.6) is 11.5 Å². The molecule has 2 aromatic carbocycles. The van der Waals surface area contributed by atoms with Gasteiger partial charge in [-0.1, -0.05) is 24.3 Å². The standard InChI is InChI=1S/C15H17NO4S/c1-19-14-9-6-10-15(20-2)13(14)11-16-21(17,18)12-7-4-3-5-8-12/h3-10,16H,11H2,1-2H3. The number of nitrogens with one attached hydrogen (secondary N) is 1. The fraction of sp³-hybridized carbons (Fsp3) is 0.200. The molecule has 112 valence electrons. The molecule has 0 aromatic heterocycles. The van der Waals surface area contributed by atoms with E-state index < -0.39 is 10.0 Å². The zero-order chi connectivity index (χ0) is 15.3. The number of ether oxygens (including phenoxy) is 2. The number of rotatable bonds is 6. The van der Waals surface area contributed by atoms with Gasteiger partial charge < -0.3 is 9.47 Å². The second kappa shape index (κ2) is 6.60. The van der Waals surface area contributed by atoms with E-state index in [2.05, 4.69) is 4.72 Å². The van der Waals surface area contributed by atoms with Crippen LogP contribution in [0.25, 0.3) is 0 Å². The van der Waals surface area contributed by atoms with Gasteiger partial charge in [0.05, 0.1) is 24.7 Å². The first-order chi connectivity index (χ1) is 10.1. The summed E-state index contributed by atoms with van der Waals surface area (Å²) in [4.78, 5) is 0.221. The normalized spacial score (nSPS) is 11.1. The van der Waals surface area contributed by atoms with E-state index in [1.807, 2.05) is 0 Å². The minimum absolute atomic E-state index is 0.0877. The Hall–Kier alpha value is -2.05. The molecule has 0 unspecified atom stereocenters.